The molecule has 0 saturated heterocycles. The predicted octanol–water partition coefficient (Wildman–Crippen LogP) is 2.74. The molecule has 5 heteroatoms. The fraction of sp³-hybridized carbons (Fsp3) is 0.800. The monoisotopic (exact) mass is 344 g/mol. The lowest BCUT2D eigenvalue weighted by Crippen LogP contribution is -2.35. The summed E-state index contributed by atoms with van der Waals surface area (Å²) < 4.78 is 2.35. The van der Waals surface area contributed by atoms with Gasteiger partial charge in [-0.3, -0.25) is 4.79 Å². The molecule has 1 amide bonds. The van der Waals surface area contributed by atoms with Gasteiger partial charge in [0, 0.05) is 38.5 Å². The minimum atomic E-state index is 0.231. The summed E-state index contributed by atoms with van der Waals surface area (Å²) in [5.74, 6) is 2.59. The summed E-state index contributed by atoms with van der Waals surface area (Å²) in [4.78, 5) is 19.4. The number of nitrogens with zero attached hydrogens (tertiary/aromatic N) is 3. The quantitative estimate of drug-likeness (QED) is 0.893. The van der Waals surface area contributed by atoms with Gasteiger partial charge in [0.15, 0.2) is 0 Å². The van der Waals surface area contributed by atoms with Crippen molar-refractivity contribution in [2.45, 2.75) is 70.9 Å². The van der Waals surface area contributed by atoms with Crippen molar-refractivity contribution in [3.63, 3.8) is 0 Å². The van der Waals surface area contributed by atoms with E-state index in [2.05, 4.69) is 19.8 Å². The molecule has 0 radical (unpaired) electrons. The summed E-state index contributed by atoms with van der Waals surface area (Å²) in [7, 11) is 0. The van der Waals surface area contributed by atoms with E-state index in [0.29, 0.717) is 6.54 Å². The van der Waals surface area contributed by atoms with E-state index < -0.39 is 0 Å². The average molecular weight is 345 g/mol. The van der Waals surface area contributed by atoms with Crippen LogP contribution in [0, 0.1) is 11.8 Å². The van der Waals surface area contributed by atoms with Crippen LogP contribution in [-0.4, -0.2) is 40.0 Å². The first kappa shape index (κ1) is 17.1. The molecule has 2 aliphatic carbocycles. The highest BCUT2D eigenvalue weighted by Crippen LogP contribution is 2.27. The zero-order valence-electron chi connectivity index (χ0n) is 15.4. The van der Waals surface area contributed by atoms with Gasteiger partial charge < -0.3 is 14.8 Å². The first-order chi connectivity index (χ1) is 12.3. The number of carbonyl (C=O) groups is 1. The van der Waals surface area contributed by atoms with Crippen molar-refractivity contribution in [3.8, 4) is 0 Å². The maximum Gasteiger partial charge on any atom is 0.223 e. The summed E-state index contributed by atoms with van der Waals surface area (Å²) >= 11 is 0. The molecule has 25 heavy (non-hydrogen) atoms. The third-order valence-electron chi connectivity index (χ3n) is 6.47. The molecule has 3 aliphatic rings. The van der Waals surface area contributed by atoms with Crippen molar-refractivity contribution < 1.29 is 4.79 Å². The second-order valence-corrected chi connectivity index (χ2v) is 8.22. The first-order valence-corrected chi connectivity index (χ1v) is 10.3. The number of rotatable bonds is 5. The van der Waals surface area contributed by atoms with Gasteiger partial charge in [0.2, 0.25) is 5.91 Å². The number of hydrogen-bond acceptors (Lipinski definition) is 3. The molecule has 5 nitrogen and oxygen atoms in total. The minimum absolute atomic E-state index is 0.231. The van der Waals surface area contributed by atoms with Gasteiger partial charge in [0.25, 0.3) is 0 Å². The first-order valence-electron chi connectivity index (χ1n) is 10.3. The fourth-order valence-corrected chi connectivity index (χ4v) is 4.59. The van der Waals surface area contributed by atoms with Crippen LogP contribution < -0.4 is 5.32 Å². The zero-order chi connectivity index (χ0) is 17.1. The lowest BCUT2D eigenvalue weighted by Gasteiger charge is -2.28. The molecule has 0 aromatic carbocycles. The summed E-state index contributed by atoms with van der Waals surface area (Å²) in [5.41, 5.74) is 1.17. The SMILES string of the molecule is O=C(NCc1cnc2n1CCN(CC1CCCCC1)CC2)C1CCC1. The van der Waals surface area contributed by atoms with Gasteiger partial charge in [-0.2, -0.15) is 0 Å². The number of imidazole rings is 1. The second kappa shape index (κ2) is 7.90. The Morgan fingerprint density at radius 3 is 2.68 bits per heavy atom. The van der Waals surface area contributed by atoms with E-state index in [0.717, 1.165) is 44.8 Å². The second-order valence-electron chi connectivity index (χ2n) is 8.22. The van der Waals surface area contributed by atoms with Crippen LogP contribution in [0.15, 0.2) is 6.20 Å². The zero-order valence-corrected chi connectivity index (χ0v) is 15.4. The van der Waals surface area contributed by atoms with Gasteiger partial charge in [-0.15, -0.1) is 0 Å². The Kier molecular flexibility index (Phi) is 5.39. The lowest BCUT2D eigenvalue weighted by molar-refractivity contribution is -0.127. The Morgan fingerprint density at radius 2 is 1.92 bits per heavy atom. The van der Waals surface area contributed by atoms with Gasteiger partial charge >= 0.3 is 0 Å². The van der Waals surface area contributed by atoms with Crippen LogP contribution in [0.5, 0.6) is 0 Å². The summed E-state index contributed by atoms with van der Waals surface area (Å²) in [5, 5.41) is 3.12. The van der Waals surface area contributed by atoms with Gasteiger partial charge in [-0.1, -0.05) is 25.7 Å². The summed E-state index contributed by atoms with van der Waals surface area (Å²) in [6, 6.07) is 0. The number of carbonyl (C=O) groups excluding carboxylic acids is 1. The fourth-order valence-electron chi connectivity index (χ4n) is 4.59. The van der Waals surface area contributed by atoms with Crippen molar-refractivity contribution in [3.05, 3.63) is 17.7 Å². The van der Waals surface area contributed by atoms with Gasteiger partial charge in [-0.05, 0) is 31.6 Å². The molecule has 2 heterocycles. The van der Waals surface area contributed by atoms with E-state index in [1.54, 1.807) is 0 Å². The van der Waals surface area contributed by atoms with Crippen molar-refractivity contribution in [1.82, 2.24) is 19.8 Å². The molecule has 4 rings (SSSR count). The van der Waals surface area contributed by atoms with Crippen molar-refractivity contribution in [1.29, 1.82) is 0 Å². The van der Waals surface area contributed by atoms with Crippen molar-refractivity contribution in [2.75, 3.05) is 19.6 Å². The minimum Gasteiger partial charge on any atom is -0.350 e. The molecule has 0 atom stereocenters. The van der Waals surface area contributed by atoms with E-state index in [4.69, 9.17) is 0 Å². The Bertz CT molecular complexity index is 587. The van der Waals surface area contributed by atoms with Crippen LogP contribution >= 0.6 is 0 Å². The molecule has 0 bridgehead atoms. The Labute approximate surface area is 151 Å². The van der Waals surface area contributed by atoms with Gasteiger partial charge in [-0.25, -0.2) is 4.98 Å². The molecular weight excluding hydrogens is 312 g/mol. The molecule has 138 valence electrons. The number of aromatic nitrogens is 2. The van der Waals surface area contributed by atoms with E-state index in [9.17, 15) is 4.79 Å². The summed E-state index contributed by atoms with van der Waals surface area (Å²) in [6.45, 7) is 5.14. The van der Waals surface area contributed by atoms with Gasteiger partial charge in [0.05, 0.1) is 18.4 Å². The normalized spacial score (nSPS) is 22.9. The molecule has 2 saturated carbocycles. The van der Waals surface area contributed by atoms with Crippen molar-refractivity contribution in [2.24, 2.45) is 11.8 Å². The molecule has 1 aromatic heterocycles. The van der Waals surface area contributed by atoms with Crippen molar-refractivity contribution >= 4 is 5.91 Å². The Hall–Kier alpha value is -1.36. The van der Waals surface area contributed by atoms with Crippen LogP contribution in [-0.2, 0) is 24.3 Å². The lowest BCUT2D eigenvalue weighted by atomic mass is 9.85. The topological polar surface area (TPSA) is 50.2 Å². The maximum absolute atomic E-state index is 12.1. The van der Waals surface area contributed by atoms with Gasteiger partial charge in [0.1, 0.15) is 5.82 Å². The largest absolute Gasteiger partial charge is 0.350 e. The van der Waals surface area contributed by atoms with E-state index in [1.165, 1.54) is 56.6 Å². The predicted molar refractivity (Wildman–Crippen MR) is 98.1 cm³/mol. The maximum atomic E-state index is 12.1. The molecule has 0 unspecified atom stereocenters. The molecule has 2 fully saturated rings. The highest BCUT2D eigenvalue weighted by Gasteiger charge is 2.25. The van der Waals surface area contributed by atoms with E-state index >= 15 is 0 Å². The standard InChI is InChI=1S/C20H32N4O/c25-20(17-7-4-8-17)22-14-18-13-21-19-9-10-23(11-12-24(18)19)15-16-5-2-1-3-6-16/h13,16-17H,1-12,14-15H2,(H,22,25). The molecule has 1 N–H and O–H groups in total. The number of nitrogens with one attached hydrogen (secondary N) is 1. The molecule has 1 aromatic rings. The third-order valence-corrected chi connectivity index (χ3v) is 6.47. The van der Waals surface area contributed by atoms with Crippen LogP contribution in [0.3, 0.4) is 0 Å². The van der Waals surface area contributed by atoms with E-state index in [1.807, 2.05) is 6.20 Å². The molecule has 1 aliphatic heterocycles. The van der Waals surface area contributed by atoms with Crippen LogP contribution in [0.4, 0.5) is 0 Å². The highest BCUT2D eigenvalue weighted by atomic mass is 16.1. The number of hydrogen-bond donors (Lipinski definition) is 1. The molecule has 0 spiro atoms. The third kappa shape index (κ3) is 4.08. The van der Waals surface area contributed by atoms with Crippen LogP contribution in [0.2, 0.25) is 0 Å². The highest BCUT2D eigenvalue weighted by molar-refractivity contribution is 5.79. The Balaban J connectivity index is 1.30. The van der Waals surface area contributed by atoms with E-state index in [-0.39, 0.29) is 11.8 Å². The number of fused-ring (bicyclic) bond motifs is 1. The Morgan fingerprint density at radius 1 is 1.08 bits per heavy atom. The smallest absolute Gasteiger partial charge is 0.223 e. The average Bonchev–Trinajstić information content (AvgIpc) is 2.86. The number of amides is 1. The molecular formula is C20H32N4O. The van der Waals surface area contributed by atoms with Crippen LogP contribution in [0.1, 0.15) is 62.9 Å². The van der Waals surface area contributed by atoms with Crippen LogP contribution in [0.25, 0.3) is 0 Å². The summed E-state index contributed by atoms with van der Waals surface area (Å²) in [6.07, 6.45) is 13.4.